The summed E-state index contributed by atoms with van der Waals surface area (Å²) in [6, 6.07) is 1.57. The smallest absolute Gasteiger partial charge is 0.355 e. The Morgan fingerprint density at radius 1 is 0.971 bits per heavy atom. The fourth-order valence-electron chi connectivity index (χ4n) is 5.91. The number of hydrogen-bond donors (Lipinski definition) is 0. The first-order valence-corrected chi connectivity index (χ1v) is 12.7. The number of piperidine rings is 1. The van der Waals surface area contributed by atoms with Gasteiger partial charge >= 0.3 is 12.4 Å². The van der Waals surface area contributed by atoms with E-state index >= 15 is 0 Å². The van der Waals surface area contributed by atoms with Crippen molar-refractivity contribution in [2.45, 2.75) is 57.3 Å². The molecule has 1 aliphatic carbocycles. The highest BCUT2D eigenvalue weighted by Gasteiger charge is 2.46. The Morgan fingerprint density at radius 2 is 1.65 bits per heavy atom. The summed E-state index contributed by atoms with van der Waals surface area (Å²) in [7, 11) is 0. The first-order chi connectivity index (χ1) is 16.0. The third-order valence-corrected chi connectivity index (χ3v) is 8.87. The van der Waals surface area contributed by atoms with Crippen molar-refractivity contribution in [1.29, 1.82) is 0 Å². The van der Waals surface area contributed by atoms with Crippen molar-refractivity contribution in [2.24, 2.45) is 17.3 Å². The molecule has 5 rings (SSSR count). The molecule has 0 amide bonds. The van der Waals surface area contributed by atoms with E-state index in [9.17, 15) is 26.3 Å². The molecule has 1 spiro atoms. The summed E-state index contributed by atoms with van der Waals surface area (Å²) in [4.78, 5) is 13.9. The first kappa shape index (κ1) is 24.1. The van der Waals surface area contributed by atoms with Crippen molar-refractivity contribution >= 4 is 27.4 Å². The maximum atomic E-state index is 12.9. The van der Waals surface area contributed by atoms with Gasteiger partial charge in [-0.1, -0.05) is 0 Å². The number of anilines is 1. The highest BCUT2D eigenvalue weighted by molar-refractivity contribution is 7.18. The fraction of sp³-hybridized carbons (Fsp3) is 0.739. The Labute approximate surface area is 198 Å². The monoisotopic (exact) mass is 506 g/mol. The van der Waals surface area contributed by atoms with Crippen molar-refractivity contribution in [3.05, 3.63) is 17.3 Å². The van der Waals surface area contributed by atoms with Gasteiger partial charge in [-0.25, -0.2) is 9.97 Å². The number of alkyl halides is 6. The zero-order valence-corrected chi connectivity index (χ0v) is 19.6. The van der Waals surface area contributed by atoms with Crippen molar-refractivity contribution in [2.75, 3.05) is 37.6 Å². The standard InChI is InChI=1S/C23H28F6N4S/c24-22(25,26)10-17-9-18-19(30-14-31-20(18)34-17)33-12-21(13-33)5-7-32(8-6-21)11-15-1-3-16(4-2-15)23(27,28)29/h9,14-16H,1-8,10-13H2/t15-,16-. The first-order valence-electron chi connectivity index (χ1n) is 11.8. The summed E-state index contributed by atoms with van der Waals surface area (Å²) in [5.41, 5.74) is 0.187. The minimum atomic E-state index is -4.25. The van der Waals surface area contributed by atoms with Gasteiger partial charge in [-0.2, -0.15) is 26.3 Å². The Morgan fingerprint density at radius 3 is 2.26 bits per heavy atom. The molecule has 0 atom stereocenters. The molecular formula is C23H28F6N4S. The molecule has 188 valence electrons. The van der Waals surface area contributed by atoms with E-state index in [0.29, 0.717) is 34.8 Å². The van der Waals surface area contributed by atoms with Gasteiger partial charge in [0.2, 0.25) is 0 Å². The molecule has 0 aromatic carbocycles. The number of aromatic nitrogens is 2. The molecule has 0 unspecified atom stereocenters. The molecule has 3 aliphatic rings. The van der Waals surface area contributed by atoms with Gasteiger partial charge < -0.3 is 9.80 Å². The number of likely N-dealkylation sites (tertiary alicyclic amines) is 1. The molecule has 0 N–H and O–H groups in total. The van der Waals surface area contributed by atoms with E-state index in [-0.39, 0.29) is 23.1 Å². The summed E-state index contributed by atoms with van der Waals surface area (Å²) in [5.74, 6) is -0.0659. The van der Waals surface area contributed by atoms with Gasteiger partial charge in [-0.3, -0.25) is 0 Å². The number of nitrogens with zero attached hydrogens (tertiary/aromatic N) is 4. The van der Waals surface area contributed by atoms with Gasteiger partial charge in [0.25, 0.3) is 0 Å². The summed E-state index contributed by atoms with van der Waals surface area (Å²) in [6.45, 7) is 4.43. The fourth-order valence-corrected chi connectivity index (χ4v) is 6.93. The van der Waals surface area contributed by atoms with Crippen LogP contribution in [0.3, 0.4) is 0 Å². The van der Waals surface area contributed by atoms with Crippen LogP contribution >= 0.6 is 11.3 Å². The minimum absolute atomic E-state index is 0.187. The molecule has 2 aromatic heterocycles. The van der Waals surface area contributed by atoms with Gasteiger partial charge in [0.1, 0.15) is 17.0 Å². The highest BCUT2D eigenvalue weighted by atomic mass is 32.1. The van der Waals surface area contributed by atoms with Crippen molar-refractivity contribution in [3.63, 3.8) is 0 Å². The van der Waals surface area contributed by atoms with Crippen LogP contribution in [0.4, 0.5) is 32.2 Å². The van der Waals surface area contributed by atoms with Gasteiger partial charge in [0.05, 0.1) is 17.7 Å². The molecule has 34 heavy (non-hydrogen) atoms. The molecular weight excluding hydrogens is 478 g/mol. The van der Waals surface area contributed by atoms with Crippen LogP contribution in [0.2, 0.25) is 0 Å². The van der Waals surface area contributed by atoms with Gasteiger partial charge in [0, 0.05) is 29.9 Å². The Kier molecular flexibility index (Phi) is 6.23. The van der Waals surface area contributed by atoms with Gasteiger partial charge in [-0.05, 0) is 63.6 Å². The lowest BCUT2D eigenvalue weighted by atomic mass is 9.71. The number of thiophene rings is 1. The van der Waals surface area contributed by atoms with Crippen molar-refractivity contribution in [1.82, 2.24) is 14.9 Å². The highest BCUT2D eigenvalue weighted by Crippen LogP contribution is 2.45. The van der Waals surface area contributed by atoms with Crippen LogP contribution in [0.25, 0.3) is 10.2 Å². The largest absolute Gasteiger partial charge is 0.393 e. The van der Waals surface area contributed by atoms with E-state index in [4.69, 9.17) is 0 Å². The van der Waals surface area contributed by atoms with E-state index in [2.05, 4.69) is 19.8 Å². The van der Waals surface area contributed by atoms with Crippen molar-refractivity contribution in [3.8, 4) is 0 Å². The van der Waals surface area contributed by atoms with Crippen LogP contribution in [0.5, 0.6) is 0 Å². The quantitative estimate of drug-likeness (QED) is 0.472. The van der Waals surface area contributed by atoms with E-state index in [1.165, 1.54) is 6.33 Å². The van der Waals surface area contributed by atoms with E-state index in [1.54, 1.807) is 6.07 Å². The van der Waals surface area contributed by atoms with Crippen LogP contribution in [0.15, 0.2) is 12.4 Å². The molecule has 0 bridgehead atoms. The second-order valence-corrected chi connectivity index (χ2v) is 11.5. The molecule has 0 radical (unpaired) electrons. The maximum Gasteiger partial charge on any atom is 0.393 e. The van der Waals surface area contributed by atoms with Crippen molar-refractivity contribution < 1.29 is 26.3 Å². The predicted molar refractivity (Wildman–Crippen MR) is 119 cm³/mol. The number of rotatable bonds is 4. The van der Waals surface area contributed by atoms with E-state index in [1.807, 2.05) is 0 Å². The second kappa shape index (κ2) is 8.80. The number of fused-ring (bicyclic) bond motifs is 1. The maximum absolute atomic E-state index is 12.9. The number of hydrogen-bond acceptors (Lipinski definition) is 5. The average Bonchev–Trinajstić information content (AvgIpc) is 3.13. The third-order valence-electron chi connectivity index (χ3n) is 7.83. The van der Waals surface area contributed by atoms with E-state index in [0.717, 1.165) is 56.9 Å². The summed E-state index contributed by atoms with van der Waals surface area (Å²) >= 11 is 1.07. The average molecular weight is 507 g/mol. The lowest BCUT2D eigenvalue weighted by Crippen LogP contribution is -2.61. The zero-order valence-electron chi connectivity index (χ0n) is 18.8. The molecule has 2 saturated heterocycles. The Hall–Kier alpha value is -1.62. The molecule has 11 heteroatoms. The molecule has 4 nitrogen and oxygen atoms in total. The Bertz CT molecular complexity index is 995. The van der Waals surface area contributed by atoms with Crippen LogP contribution < -0.4 is 4.90 Å². The molecule has 4 heterocycles. The Balaban J connectivity index is 1.13. The summed E-state index contributed by atoms with van der Waals surface area (Å²) < 4.78 is 77.1. The second-order valence-electron chi connectivity index (χ2n) is 10.3. The zero-order chi connectivity index (χ0) is 24.1. The lowest BCUT2D eigenvalue weighted by molar-refractivity contribution is -0.184. The lowest BCUT2D eigenvalue weighted by Gasteiger charge is -2.55. The summed E-state index contributed by atoms with van der Waals surface area (Å²) in [6.07, 6.45) is -3.98. The van der Waals surface area contributed by atoms with Crippen LogP contribution in [-0.4, -0.2) is 59.9 Å². The topological polar surface area (TPSA) is 32.3 Å². The van der Waals surface area contributed by atoms with E-state index < -0.39 is 24.7 Å². The van der Waals surface area contributed by atoms with Crippen LogP contribution in [0.1, 0.15) is 43.4 Å². The SMILES string of the molecule is FC(F)(F)Cc1cc2c(N3CC4(CCN(C[C@H]5CC[C@H](C(F)(F)F)CC5)CC4)C3)ncnc2s1. The minimum Gasteiger partial charge on any atom is -0.355 e. The third kappa shape index (κ3) is 5.15. The number of halogens is 6. The normalized spacial score (nSPS) is 26.2. The molecule has 3 fully saturated rings. The molecule has 2 aliphatic heterocycles. The molecule has 2 aromatic rings. The van der Waals surface area contributed by atoms with Crippen LogP contribution in [-0.2, 0) is 6.42 Å². The van der Waals surface area contributed by atoms with Gasteiger partial charge in [0.15, 0.2) is 0 Å². The van der Waals surface area contributed by atoms with Crippen LogP contribution in [0, 0.1) is 17.3 Å². The molecule has 1 saturated carbocycles. The predicted octanol–water partition coefficient (Wildman–Crippen LogP) is 6.07. The summed E-state index contributed by atoms with van der Waals surface area (Å²) in [5, 5.41) is 0.688. The van der Waals surface area contributed by atoms with Gasteiger partial charge in [-0.15, -0.1) is 11.3 Å².